The summed E-state index contributed by atoms with van der Waals surface area (Å²) in [5.74, 6) is 1.61. The molecule has 1 aliphatic heterocycles. The van der Waals surface area contributed by atoms with Crippen molar-refractivity contribution in [3.8, 4) is 11.5 Å². The van der Waals surface area contributed by atoms with Crippen molar-refractivity contribution in [2.45, 2.75) is 31.8 Å². The molecule has 1 aliphatic carbocycles. The molecule has 5 heteroatoms. The highest BCUT2D eigenvalue weighted by molar-refractivity contribution is 5.81. The number of rotatable bonds is 5. The highest BCUT2D eigenvalue weighted by Crippen LogP contribution is 2.33. The third-order valence-electron chi connectivity index (χ3n) is 5.10. The lowest BCUT2D eigenvalue weighted by Crippen LogP contribution is -2.33. The summed E-state index contributed by atoms with van der Waals surface area (Å²) in [7, 11) is 0. The highest BCUT2D eigenvalue weighted by atomic mass is 16.7. The number of benzene rings is 2. The number of hydrogen-bond donors (Lipinski definition) is 0. The first-order valence-electron chi connectivity index (χ1n) is 9.28. The van der Waals surface area contributed by atoms with E-state index in [2.05, 4.69) is 17.1 Å². The first kappa shape index (κ1) is 16.1. The zero-order valence-corrected chi connectivity index (χ0v) is 14.9. The number of aromatic nitrogens is 1. The molecular weight excluding hydrogens is 340 g/mol. The molecule has 136 valence electrons. The van der Waals surface area contributed by atoms with Crippen molar-refractivity contribution in [3.05, 3.63) is 65.9 Å². The van der Waals surface area contributed by atoms with Gasteiger partial charge in [0.1, 0.15) is 0 Å². The van der Waals surface area contributed by atoms with Crippen LogP contribution < -0.4 is 9.47 Å². The van der Waals surface area contributed by atoms with Crippen molar-refractivity contribution in [2.24, 2.45) is 0 Å². The van der Waals surface area contributed by atoms with E-state index < -0.39 is 0 Å². The Bertz CT molecular complexity index is 1010. The predicted octanol–water partition coefficient (Wildman–Crippen LogP) is 3.70. The maximum atomic E-state index is 13.0. The average molecular weight is 360 g/mol. The van der Waals surface area contributed by atoms with Gasteiger partial charge < -0.3 is 14.4 Å². The Labute approximate surface area is 157 Å². The zero-order valence-electron chi connectivity index (χ0n) is 14.9. The molecule has 0 N–H and O–H groups in total. The Hall–Kier alpha value is -3.08. The Morgan fingerprint density at radius 1 is 1.04 bits per heavy atom. The number of carbonyl (C=O) groups excluding carboxylic acids is 1. The third kappa shape index (κ3) is 3.33. The molecular formula is C22H20N2O3. The standard InChI is InChI=1S/C22H20N2O3/c25-22(11-15-5-8-20-21(10-15)27-14-26-20)24(18-6-7-18)13-16-9-17-3-1-2-4-19(17)23-12-16/h1-5,8-10,12,18H,6-7,11,13-14H2. The van der Waals surface area contributed by atoms with Crippen LogP contribution in [-0.4, -0.2) is 28.6 Å². The van der Waals surface area contributed by atoms with Crippen molar-refractivity contribution < 1.29 is 14.3 Å². The molecule has 0 atom stereocenters. The Balaban J connectivity index is 1.34. The molecule has 1 amide bonds. The molecule has 2 aromatic carbocycles. The maximum Gasteiger partial charge on any atom is 0.231 e. The number of carbonyl (C=O) groups is 1. The maximum absolute atomic E-state index is 13.0. The van der Waals surface area contributed by atoms with E-state index in [1.54, 1.807) is 0 Å². The minimum Gasteiger partial charge on any atom is -0.454 e. The second-order valence-corrected chi connectivity index (χ2v) is 7.15. The first-order valence-corrected chi connectivity index (χ1v) is 9.28. The summed E-state index contributed by atoms with van der Waals surface area (Å²) in [5.41, 5.74) is 3.00. The van der Waals surface area contributed by atoms with Gasteiger partial charge in [0.15, 0.2) is 11.5 Å². The lowest BCUT2D eigenvalue weighted by molar-refractivity contribution is -0.131. The van der Waals surface area contributed by atoms with Gasteiger partial charge in [-0.3, -0.25) is 9.78 Å². The molecule has 0 radical (unpaired) electrons. The first-order chi connectivity index (χ1) is 13.3. The van der Waals surface area contributed by atoms with E-state index in [0.717, 1.165) is 46.4 Å². The second-order valence-electron chi connectivity index (χ2n) is 7.15. The number of hydrogen-bond acceptors (Lipinski definition) is 4. The summed E-state index contributed by atoms with van der Waals surface area (Å²) < 4.78 is 10.8. The summed E-state index contributed by atoms with van der Waals surface area (Å²) in [6.45, 7) is 0.849. The largest absolute Gasteiger partial charge is 0.454 e. The molecule has 0 bridgehead atoms. The minimum absolute atomic E-state index is 0.143. The van der Waals surface area contributed by atoms with E-state index in [1.807, 2.05) is 47.5 Å². The molecule has 5 rings (SSSR count). The van der Waals surface area contributed by atoms with Crippen LogP contribution in [0.5, 0.6) is 11.5 Å². The van der Waals surface area contributed by atoms with E-state index in [1.165, 1.54) is 0 Å². The van der Waals surface area contributed by atoms with Gasteiger partial charge in [0, 0.05) is 24.2 Å². The van der Waals surface area contributed by atoms with Crippen molar-refractivity contribution in [2.75, 3.05) is 6.79 Å². The Kier molecular flexibility index (Phi) is 3.93. The fourth-order valence-corrected chi connectivity index (χ4v) is 3.53. The van der Waals surface area contributed by atoms with E-state index in [4.69, 9.17) is 9.47 Å². The Morgan fingerprint density at radius 2 is 1.89 bits per heavy atom. The fourth-order valence-electron chi connectivity index (χ4n) is 3.53. The van der Waals surface area contributed by atoms with Gasteiger partial charge in [-0.1, -0.05) is 24.3 Å². The molecule has 3 aromatic rings. The number of amides is 1. The van der Waals surface area contributed by atoms with E-state index in [0.29, 0.717) is 19.0 Å². The van der Waals surface area contributed by atoms with Gasteiger partial charge in [0.25, 0.3) is 0 Å². The van der Waals surface area contributed by atoms with Crippen LogP contribution in [0.3, 0.4) is 0 Å². The molecule has 1 saturated carbocycles. The van der Waals surface area contributed by atoms with Gasteiger partial charge in [-0.15, -0.1) is 0 Å². The predicted molar refractivity (Wildman–Crippen MR) is 102 cm³/mol. The molecule has 5 nitrogen and oxygen atoms in total. The van der Waals surface area contributed by atoms with Crippen LogP contribution in [0, 0.1) is 0 Å². The molecule has 2 aliphatic rings. The molecule has 0 saturated heterocycles. The molecule has 2 heterocycles. The van der Waals surface area contributed by atoms with E-state index in [-0.39, 0.29) is 12.7 Å². The number of para-hydroxylation sites is 1. The summed E-state index contributed by atoms with van der Waals surface area (Å²) in [5, 5.41) is 1.11. The zero-order chi connectivity index (χ0) is 18.2. The lowest BCUT2D eigenvalue weighted by atomic mass is 10.1. The normalized spacial score (nSPS) is 15.1. The smallest absolute Gasteiger partial charge is 0.231 e. The van der Waals surface area contributed by atoms with Gasteiger partial charge in [0.2, 0.25) is 12.7 Å². The topological polar surface area (TPSA) is 51.7 Å². The second kappa shape index (κ2) is 6.58. The van der Waals surface area contributed by atoms with Crippen LogP contribution in [0.15, 0.2) is 54.7 Å². The van der Waals surface area contributed by atoms with Gasteiger partial charge in [-0.25, -0.2) is 0 Å². The van der Waals surface area contributed by atoms with E-state index >= 15 is 0 Å². The number of nitrogens with zero attached hydrogens (tertiary/aromatic N) is 2. The minimum atomic E-state index is 0.143. The summed E-state index contributed by atoms with van der Waals surface area (Å²) in [4.78, 5) is 19.5. The quantitative estimate of drug-likeness (QED) is 0.696. The number of pyridine rings is 1. The van der Waals surface area contributed by atoms with Gasteiger partial charge in [-0.05, 0) is 48.2 Å². The van der Waals surface area contributed by atoms with Crippen molar-refractivity contribution in [1.29, 1.82) is 0 Å². The summed E-state index contributed by atoms with van der Waals surface area (Å²) >= 11 is 0. The van der Waals surface area contributed by atoms with Crippen LogP contribution in [-0.2, 0) is 17.8 Å². The molecule has 27 heavy (non-hydrogen) atoms. The van der Waals surface area contributed by atoms with Crippen molar-refractivity contribution in [1.82, 2.24) is 9.88 Å². The average Bonchev–Trinajstić information content (AvgIpc) is 3.42. The summed E-state index contributed by atoms with van der Waals surface area (Å²) in [6.07, 6.45) is 4.40. The van der Waals surface area contributed by atoms with Crippen LogP contribution >= 0.6 is 0 Å². The highest BCUT2D eigenvalue weighted by Gasteiger charge is 2.32. The van der Waals surface area contributed by atoms with Crippen LogP contribution in [0.1, 0.15) is 24.0 Å². The molecule has 1 aromatic heterocycles. The van der Waals surface area contributed by atoms with Gasteiger partial charge in [0.05, 0.1) is 11.9 Å². The SMILES string of the molecule is O=C(Cc1ccc2c(c1)OCO2)N(Cc1cnc2ccccc2c1)C1CC1. The number of fused-ring (bicyclic) bond motifs is 2. The monoisotopic (exact) mass is 360 g/mol. The van der Waals surface area contributed by atoms with Crippen LogP contribution in [0.25, 0.3) is 10.9 Å². The van der Waals surface area contributed by atoms with Crippen molar-refractivity contribution in [3.63, 3.8) is 0 Å². The lowest BCUT2D eigenvalue weighted by Gasteiger charge is -2.23. The fraction of sp³-hybridized carbons (Fsp3) is 0.273. The molecule has 0 unspecified atom stereocenters. The molecule has 1 fully saturated rings. The van der Waals surface area contributed by atoms with Crippen molar-refractivity contribution >= 4 is 16.8 Å². The van der Waals surface area contributed by atoms with E-state index in [9.17, 15) is 4.79 Å². The van der Waals surface area contributed by atoms with Gasteiger partial charge in [-0.2, -0.15) is 0 Å². The molecule has 0 spiro atoms. The Morgan fingerprint density at radius 3 is 2.78 bits per heavy atom. The summed E-state index contributed by atoms with van der Waals surface area (Å²) in [6, 6.07) is 16.3. The van der Waals surface area contributed by atoms with Crippen LogP contribution in [0.4, 0.5) is 0 Å². The third-order valence-corrected chi connectivity index (χ3v) is 5.10. The van der Waals surface area contributed by atoms with Crippen LogP contribution in [0.2, 0.25) is 0 Å². The number of ether oxygens (including phenoxy) is 2. The van der Waals surface area contributed by atoms with Gasteiger partial charge >= 0.3 is 0 Å².